The van der Waals surface area contributed by atoms with Crippen LogP contribution in [0.5, 0.6) is 0 Å². The standard InChI is InChI=1S/C11H7Br2NO4/c12-7-3-8(13)10(15)14(5-7)4-6-1-2-18-9(6)11(16)17/h1-3,5H,4H2,(H,16,17). The summed E-state index contributed by atoms with van der Waals surface area (Å²) in [5.74, 6) is -1.31. The molecule has 0 amide bonds. The van der Waals surface area contributed by atoms with Crippen LogP contribution in [0.1, 0.15) is 16.1 Å². The Labute approximate surface area is 118 Å². The van der Waals surface area contributed by atoms with Gasteiger partial charge in [0, 0.05) is 16.2 Å². The number of furan rings is 1. The Morgan fingerprint density at radius 2 is 2.17 bits per heavy atom. The largest absolute Gasteiger partial charge is 0.475 e. The number of hydrogen-bond donors (Lipinski definition) is 1. The van der Waals surface area contributed by atoms with Gasteiger partial charge in [0.2, 0.25) is 5.76 Å². The van der Waals surface area contributed by atoms with E-state index in [4.69, 9.17) is 9.52 Å². The van der Waals surface area contributed by atoms with Crippen LogP contribution in [0.3, 0.4) is 0 Å². The topological polar surface area (TPSA) is 72.4 Å². The molecule has 2 rings (SSSR count). The molecular formula is C11H7Br2NO4. The molecule has 0 bridgehead atoms. The van der Waals surface area contributed by atoms with Gasteiger partial charge in [-0.25, -0.2) is 4.79 Å². The third-order valence-corrected chi connectivity index (χ3v) is 3.29. The van der Waals surface area contributed by atoms with Crippen molar-refractivity contribution >= 4 is 37.8 Å². The fourth-order valence-corrected chi connectivity index (χ4v) is 2.77. The third-order valence-electron chi connectivity index (χ3n) is 2.29. The lowest BCUT2D eigenvalue weighted by Gasteiger charge is -2.06. The molecule has 0 saturated heterocycles. The molecule has 2 heterocycles. The molecule has 2 aromatic heterocycles. The van der Waals surface area contributed by atoms with Crippen LogP contribution in [0.4, 0.5) is 0 Å². The SMILES string of the molecule is O=C(O)c1occc1Cn1cc(Br)cc(Br)c1=O. The van der Waals surface area contributed by atoms with Gasteiger partial charge in [-0.1, -0.05) is 0 Å². The molecule has 0 aliphatic heterocycles. The van der Waals surface area contributed by atoms with E-state index in [2.05, 4.69) is 31.9 Å². The summed E-state index contributed by atoms with van der Waals surface area (Å²) in [4.78, 5) is 22.7. The summed E-state index contributed by atoms with van der Waals surface area (Å²) in [6, 6.07) is 3.16. The maximum Gasteiger partial charge on any atom is 0.372 e. The predicted molar refractivity (Wildman–Crippen MR) is 70.9 cm³/mol. The molecule has 0 radical (unpaired) electrons. The average molecular weight is 377 g/mol. The van der Waals surface area contributed by atoms with Crippen LogP contribution < -0.4 is 5.56 Å². The zero-order valence-electron chi connectivity index (χ0n) is 8.89. The Balaban J connectivity index is 2.43. The molecular weight excluding hydrogens is 370 g/mol. The Morgan fingerprint density at radius 3 is 2.83 bits per heavy atom. The number of halogens is 2. The lowest BCUT2D eigenvalue weighted by molar-refractivity contribution is 0.0660. The molecule has 0 atom stereocenters. The minimum absolute atomic E-state index is 0.134. The molecule has 2 aromatic rings. The van der Waals surface area contributed by atoms with Crippen LogP contribution in [0.25, 0.3) is 0 Å². The van der Waals surface area contributed by atoms with Crippen LogP contribution in [0.2, 0.25) is 0 Å². The number of carboxylic acids is 1. The minimum Gasteiger partial charge on any atom is -0.475 e. The van der Waals surface area contributed by atoms with Crippen molar-refractivity contribution in [1.82, 2.24) is 4.57 Å². The van der Waals surface area contributed by atoms with Crippen LogP contribution in [0.15, 0.2) is 42.7 Å². The summed E-state index contributed by atoms with van der Waals surface area (Å²) in [7, 11) is 0. The van der Waals surface area contributed by atoms with Gasteiger partial charge >= 0.3 is 5.97 Å². The van der Waals surface area contributed by atoms with E-state index in [1.54, 1.807) is 12.3 Å². The van der Waals surface area contributed by atoms with E-state index in [0.29, 0.717) is 14.5 Å². The fourth-order valence-electron chi connectivity index (χ4n) is 1.51. The summed E-state index contributed by atoms with van der Waals surface area (Å²) < 4.78 is 7.37. The summed E-state index contributed by atoms with van der Waals surface area (Å²) in [6.45, 7) is 0.134. The van der Waals surface area contributed by atoms with Gasteiger partial charge in [0.15, 0.2) is 0 Å². The van der Waals surface area contributed by atoms with E-state index in [9.17, 15) is 9.59 Å². The number of hydrogen-bond acceptors (Lipinski definition) is 3. The van der Waals surface area contributed by atoms with Crippen molar-refractivity contribution in [3.8, 4) is 0 Å². The lowest BCUT2D eigenvalue weighted by atomic mass is 10.2. The maximum absolute atomic E-state index is 11.8. The van der Waals surface area contributed by atoms with E-state index in [0.717, 1.165) is 0 Å². The number of aromatic carboxylic acids is 1. The summed E-state index contributed by atoms with van der Waals surface area (Å²) in [5, 5.41) is 8.91. The molecule has 0 fully saturated rings. The van der Waals surface area contributed by atoms with Gasteiger partial charge in [0.05, 0.1) is 17.3 Å². The van der Waals surface area contributed by atoms with Gasteiger partial charge in [-0.2, -0.15) is 0 Å². The minimum atomic E-state index is -1.16. The van der Waals surface area contributed by atoms with Gasteiger partial charge in [-0.15, -0.1) is 0 Å². The van der Waals surface area contributed by atoms with Crippen LogP contribution in [-0.2, 0) is 6.54 Å². The van der Waals surface area contributed by atoms with Crippen molar-refractivity contribution < 1.29 is 14.3 Å². The molecule has 0 aliphatic rings. The van der Waals surface area contributed by atoms with Crippen LogP contribution >= 0.6 is 31.9 Å². The fraction of sp³-hybridized carbons (Fsp3) is 0.0909. The lowest BCUT2D eigenvalue weighted by Crippen LogP contribution is -2.21. The monoisotopic (exact) mass is 375 g/mol. The van der Waals surface area contributed by atoms with Crippen molar-refractivity contribution in [2.75, 3.05) is 0 Å². The van der Waals surface area contributed by atoms with E-state index < -0.39 is 5.97 Å². The van der Waals surface area contributed by atoms with Crippen LogP contribution in [0, 0.1) is 0 Å². The van der Waals surface area contributed by atoms with E-state index in [1.165, 1.54) is 16.9 Å². The van der Waals surface area contributed by atoms with Gasteiger partial charge in [-0.3, -0.25) is 4.79 Å². The van der Waals surface area contributed by atoms with Gasteiger partial charge in [-0.05, 0) is 44.0 Å². The third kappa shape index (κ3) is 2.56. The molecule has 0 spiro atoms. The molecule has 0 aromatic carbocycles. The van der Waals surface area contributed by atoms with Crippen molar-refractivity contribution in [2.24, 2.45) is 0 Å². The number of aromatic nitrogens is 1. The first-order chi connectivity index (χ1) is 8.49. The highest BCUT2D eigenvalue weighted by atomic mass is 79.9. The van der Waals surface area contributed by atoms with E-state index in [1.807, 2.05) is 0 Å². The molecule has 1 N–H and O–H groups in total. The Bertz CT molecular complexity index is 659. The first-order valence-electron chi connectivity index (χ1n) is 4.84. The normalized spacial score (nSPS) is 10.6. The van der Waals surface area contributed by atoms with Crippen molar-refractivity contribution in [3.63, 3.8) is 0 Å². The highest BCUT2D eigenvalue weighted by molar-refractivity contribution is 9.11. The summed E-state index contributed by atoms with van der Waals surface area (Å²) >= 11 is 6.41. The van der Waals surface area contributed by atoms with Gasteiger partial charge in [0.1, 0.15) is 0 Å². The highest BCUT2D eigenvalue weighted by Gasteiger charge is 2.15. The Hall–Kier alpha value is -1.34. The first kappa shape index (κ1) is 13.1. The molecule has 0 aliphatic carbocycles. The van der Waals surface area contributed by atoms with Gasteiger partial charge in [0.25, 0.3) is 5.56 Å². The molecule has 5 nitrogen and oxygen atoms in total. The second kappa shape index (κ2) is 5.11. The summed E-state index contributed by atoms with van der Waals surface area (Å²) in [5.41, 5.74) is 0.199. The molecule has 0 unspecified atom stereocenters. The second-order valence-corrected chi connectivity index (χ2v) is 5.29. The van der Waals surface area contributed by atoms with E-state index in [-0.39, 0.29) is 17.9 Å². The van der Waals surface area contributed by atoms with Crippen molar-refractivity contribution in [2.45, 2.75) is 6.54 Å². The quantitative estimate of drug-likeness (QED) is 0.893. The molecule has 94 valence electrons. The zero-order valence-corrected chi connectivity index (χ0v) is 12.1. The zero-order chi connectivity index (χ0) is 13.3. The Morgan fingerprint density at radius 1 is 1.44 bits per heavy atom. The number of rotatable bonds is 3. The highest BCUT2D eigenvalue weighted by Crippen LogP contribution is 2.16. The Kier molecular flexibility index (Phi) is 3.72. The number of nitrogens with zero attached hydrogens (tertiary/aromatic N) is 1. The number of carboxylic acid groups (broad SMARTS) is 1. The molecule has 18 heavy (non-hydrogen) atoms. The number of pyridine rings is 1. The second-order valence-electron chi connectivity index (χ2n) is 3.52. The van der Waals surface area contributed by atoms with Crippen molar-refractivity contribution in [3.05, 3.63) is 55.2 Å². The summed E-state index contributed by atoms with van der Waals surface area (Å²) in [6.07, 6.45) is 2.88. The van der Waals surface area contributed by atoms with Crippen LogP contribution in [-0.4, -0.2) is 15.6 Å². The van der Waals surface area contributed by atoms with Crippen molar-refractivity contribution in [1.29, 1.82) is 0 Å². The predicted octanol–water partition coefficient (Wildman–Crippen LogP) is 2.71. The molecule has 7 heteroatoms. The smallest absolute Gasteiger partial charge is 0.372 e. The van der Waals surface area contributed by atoms with E-state index >= 15 is 0 Å². The average Bonchev–Trinajstić information content (AvgIpc) is 2.73. The maximum atomic E-state index is 11.8. The van der Waals surface area contributed by atoms with Gasteiger partial charge < -0.3 is 14.1 Å². The number of carbonyl (C=O) groups is 1. The molecule has 0 saturated carbocycles. The first-order valence-corrected chi connectivity index (χ1v) is 6.43.